The highest BCUT2D eigenvalue weighted by molar-refractivity contribution is 7.98. The Kier molecular flexibility index (Phi) is 4.67. The Hall–Kier alpha value is -2.55. The van der Waals surface area contributed by atoms with Gasteiger partial charge in [-0.3, -0.25) is 0 Å². The first-order chi connectivity index (χ1) is 11.9. The summed E-state index contributed by atoms with van der Waals surface area (Å²) >= 11 is 1.40. The Morgan fingerprint density at radius 1 is 1.28 bits per heavy atom. The first-order valence-electron chi connectivity index (χ1n) is 7.69. The van der Waals surface area contributed by atoms with Crippen molar-refractivity contribution in [1.82, 2.24) is 25.0 Å². The number of nitrogens with zero attached hydrogens (tertiary/aromatic N) is 5. The van der Waals surface area contributed by atoms with Gasteiger partial charge in [-0.2, -0.15) is 4.98 Å². The molecule has 2 aromatic heterocycles. The number of hydrogen-bond acceptors (Lipinski definition) is 8. The molecule has 25 heavy (non-hydrogen) atoms. The zero-order chi connectivity index (χ0) is 18.0. The van der Waals surface area contributed by atoms with E-state index in [2.05, 4.69) is 20.3 Å². The molecule has 0 saturated carbocycles. The van der Waals surface area contributed by atoms with Gasteiger partial charge in [0.25, 0.3) is 0 Å². The standard InChI is InChI=1S/C16H20N6O2S/c1-16(2,3)14-19-20-15(22(14)17)25-9-12-18-13(21-24-12)10-6-5-7-11(8-10)23-4/h5-8H,9,17H2,1-4H3. The van der Waals surface area contributed by atoms with Crippen molar-refractivity contribution in [3.63, 3.8) is 0 Å². The summed E-state index contributed by atoms with van der Waals surface area (Å²) in [4.78, 5) is 4.40. The summed E-state index contributed by atoms with van der Waals surface area (Å²) in [5, 5.41) is 12.9. The number of benzene rings is 1. The highest BCUT2D eigenvalue weighted by Crippen LogP contribution is 2.26. The van der Waals surface area contributed by atoms with Crippen molar-refractivity contribution in [3.8, 4) is 17.1 Å². The van der Waals surface area contributed by atoms with Crippen LogP contribution in [-0.2, 0) is 11.2 Å². The van der Waals surface area contributed by atoms with E-state index in [1.165, 1.54) is 16.4 Å². The molecular formula is C16H20N6O2S. The molecule has 0 aliphatic rings. The van der Waals surface area contributed by atoms with Gasteiger partial charge >= 0.3 is 0 Å². The van der Waals surface area contributed by atoms with Gasteiger partial charge in [0.05, 0.1) is 12.9 Å². The maximum absolute atomic E-state index is 6.07. The largest absolute Gasteiger partial charge is 0.497 e. The zero-order valence-corrected chi connectivity index (χ0v) is 15.4. The third-order valence-corrected chi connectivity index (χ3v) is 4.38. The van der Waals surface area contributed by atoms with Crippen molar-refractivity contribution in [3.05, 3.63) is 36.0 Å². The maximum Gasteiger partial charge on any atom is 0.237 e. The van der Waals surface area contributed by atoms with Gasteiger partial charge in [-0.15, -0.1) is 10.2 Å². The van der Waals surface area contributed by atoms with E-state index >= 15 is 0 Å². The Morgan fingerprint density at radius 2 is 2.08 bits per heavy atom. The van der Waals surface area contributed by atoms with Crippen LogP contribution < -0.4 is 10.6 Å². The zero-order valence-electron chi connectivity index (χ0n) is 14.6. The summed E-state index contributed by atoms with van der Waals surface area (Å²) in [6.45, 7) is 6.10. The number of methoxy groups -OCH3 is 1. The lowest BCUT2D eigenvalue weighted by atomic mass is 9.96. The van der Waals surface area contributed by atoms with Gasteiger partial charge in [0.2, 0.25) is 16.9 Å². The molecule has 9 heteroatoms. The van der Waals surface area contributed by atoms with Crippen LogP contribution >= 0.6 is 11.8 Å². The topological polar surface area (TPSA) is 105 Å². The number of nitrogens with two attached hydrogens (primary N) is 1. The van der Waals surface area contributed by atoms with Crippen LogP contribution in [0.25, 0.3) is 11.4 Å². The normalized spacial score (nSPS) is 11.7. The molecule has 2 N–H and O–H groups in total. The average Bonchev–Trinajstić information content (AvgIpc) is 3.19. The first-order valence-corrected chi connectivity index (χ1v) is 8.68. The Morgan fingerprint density at radius 3 is 2.76 bits per heavy atom. The predicted octanol–water partition coefficient (Wildman–Crippen LogP) is 2.64. The Balaban J connectivity index is 1.71. The van der Waals surface area contributed by atoms with Crippen molar-refractivity contribution < 1.29 is 9.26 Å². The van der Waals surface area contributed by atoms with E-state index in [1.807, 2.05) is 45.0 Å². The lowest BCUT2D eigenvalue weighted by Gasteiger charge is -2.16. The average molecular weight is 360 g/mol. The molecule has 0 spiro atoms. The summed E-state index contributed by atoms with van der Waals surface area (Å²) in [7, 11) is 1.62. The monoisotopic (exact) mass is 360 g/mol. The van der Waals surface area contributed by atoms with Gasteiger partial charge in [-0.05, 0) is 12.1 Å². The second-order valence-electron chi connectivity index (χ2n) is 6.46. The molecule has 0 amide bonds. The number of hydrogen-bond donors (Lipinski definition) is 1. The van der Waals surface area contributed by atoms with Gasteiger partial charge in [0.15, 0.2) is 5.82 Å². The number of thioether (sulfide) groups is 1. The number of aromatic nitrogens is 5. The van der Waals surface area contributed by atoms with Gasteiger partial charge in [0.1, 0.15) is 5.75 Å². The van der Waals surface area contributed by atoms with Crippen LogP contribution in [0.3, 0.4) is 0 Å². The van der Waals surface area contributed by atoms with Gasteiger partial charge in [-0.1, -0.05) is 49.8 Å². The summed E-state index contributed by atoms with van der Waals surface area (Å²) in [5.41, 5.74) is 0.654. The second-order valence-corrected chi connectivity index (χ2v) is 7.40. The highest BCUT2D eigenvalue weighted by Gasteiger charge is 2.23. The minimum absolute atomic E-state index is 0.176. The van der Waals surface area contributed by atoms with Gasteiger partial charge in [-0.25, -0.2) is 4.68 Å². The molecule has 0 unspecified atom stereocenters. The van der Waals surface area contributed by atoms with Crippen LogP contribution in [0.2, 0.25) is 0 Å². The first kappa shape index (κ1) is 17.3. The molecule has 132 valence electrons. The Bertz CT molecular complexity index is 868. The minimum Gasteiger partial charge on any atom is -0.497 e. The summed E-state index contributed by atoms with van der Waals surface area (Å²) in [6, 6.07) is 7.50. The van der Waals surface area contributed by atoms with Gasteiger partial charge in [0, 0.05) is 11.0 Å². The fourth-order valence-corrected chi connectivity index (χ4v) is 2.90. The van der Waals surface area contributed by atoms with Crippen molar-refractivity contribution >= 4 is 11.8 Å². The van der Waals surface area contributed by atoms with E-state index in [0.29, 0.717) is 22.6 Å². The van der Waals surface area contributed by atoms with E-state index in [-0.39, 0.29) is 5.41 Å². The second kappa shape index (κ2) is 6.75. The minimum atomic E-state index is -0.176. The SMILES string of the molecule is COc1cccc(-c2noc(CSc3nnc(C(C)(C)C)n3N)n2)c1. The van der Waals surface area contributed by atoms with E-state index in [1.54, 1.807) is 7.11 Å². The van der Waals surface area contributed by atoms with E-state index in [9.17, 15) is 0 Å². The fourth-order valence-electron chi connectivity index (χ4n) is 2.21. The molecular weight excluding hydrogens is 340 g/mol. The van der Waals surface area contributed by atoms with Crippen molar-refractivity contribution in [2.45, 2.75) is 37.1 Å². The highest BCUT2D eigenvalue weighted by atomic mass is 32.2. The van der Waals surface area contributed by atoms with E-state index < -0.39 is 0 Å². The number of nitrogen functional groups attached to an aromatic ring is 1. The molecule has 0 fully saturated rings. The quantitative estimate of drug-likeness (QED) is 0.547. The molecule has 0 radical (unpaired) electrons. The third-order valence-electron chi connectivity index (χ3n) is 3.46. The molecule has 3 aromatic rings. The molecule has 0 aliphatic heterocycles. The van der Waals surface area contributed by atoms with Crippen LogP contribution in [0, 0.1) is 0 Å². The summed E-state index contributed by atoms with van der Waals surface area (Å²) < 4.78 is 12.0. The molecule has 2 heterocycles. The predicted molar refractivity (Wildman–Crippen MR) is 94.7 cm³/mol. The van der Waals surface area contributed by atoms with Gasteiger partial charge < -0.3 is 15.1 Å². The molecule has 8 nitrogen and oxygen atoms in total. The molecule has 3 rings (SSSR count). The van der Waals surface area contributed by atoms with Crippen LogP contribution in [0.4, 0.5) is 0 Å². The maximum atomic E-state index is 6.07. The lowest BCUT2D eigenvalue weighted by molar-refractivity contribution is 0.391. The van der Waals surface area contributed by atoms with Crippen LogP contribution in [0.15, 0.2) is 33.9 Å². The molecule has 0 aliphatic carbocycles. The van der Waals surface area contributed by atoms with E-state index in [4.69, 9.17) is 15.1 Å². The smallest absolute Gasteiger partial charge is 0.237 e. The molecule has 0 atom stereocenters. The van der Waals surface area contributed by atoms with Crippen molar-refractivity contribution in [2.24, 2.45) is 0 Å². The van der Waals surface area contributed by atoms with Crippen molar-refractivity contribution in [2.75, 3.05) is 13.0 Å². The molecule has 1 aromatic carbocycles. The number of ether oxygens (including phenoxy) is 1. The van der Waals surface area contributed by atoms with Crippen LogP contribution in [-0.4, -0.2) is 32.1 Å². The third kappa shape index (κ3) is 3.76. The summed E-state index contributed by atoms with van der Waals surface area (Å²) in [6.07, 6.45) is 0. The molecule has 0 bridgehead atoms. The van der Waals surface area contributed by atoms with Crippen LogP contribution in [0.1, 0.15) is 32.5 Å². The van der Waals surface area contributed by atoms with Crippen molar-refractivity contribution in [1.29, 1.82) is 0 Å². The number of rotatable bonds is 5. The summed E-state index contributed by atoms with van der Waals surface area (Å²) in [5.74, 6) is 8.99. The lowest BCUT2D eigenvalue weighted by Crippen LogP contribution is -2.24. The van der Waals surface area contributed by atoms with Crippen LogP contribution in [0.5, 0.6) is 5.75 Å². The fraction of sp³-hybridized carbons (Fsp3) is 0.375. The molecule has 0 saturated heterocycles. The Labute approximate surface area is 149 Å². The van der Waals surface area contributed by atoms with E-state index in [0.717, 1.165) is 17.1 Å².